The minimum atomic E-state index is -0.182. The molecule has 3 heterocycles. The van der Waals surface area contributed by atoms with Crippen LogP contribution in [0, 0.1) is 0 Å². The molecule has 0 saturated heterocycles. The van der Waals surface area contributed by atoms with E-state index in [9.17, 15) is 9.59 Å². The molecule has 7 nitrogen and oxygen atoms in total. The van der Waals surface area contributed by atoms with Gasteiger partial charge in [-0.05, 0) is 18.2 Å². The average Bonchev–Trinajstić information content (AvgIpc) is 3.15. The molecule has 0 fully saturated rings. The fourth-order valence-electron chi connectivity index (χ4n) is 3.36. The van der Waals surface area contributed by atoms with Crippen molar-refractivity contribution in [1.29, 1.82) is 0 Å². The van der Waals surface area contributed by atoms with Gasteiger partial charge in [-0.15, -0.1) is 0 Å². The molecule has 7 heteroatoms. The maximum absolute atomic E-state index is 13.0. The number of amides is 2. The van der Waals surface area contributed by atoms with Crippen molar-refractivity contribution >= 4 is 22.7 Å². The van der Waals surface area contributed by atoms with Gasteiger partial charge in [-0.25, -0.2) is 4.98 Å². The van der Waals surface area contributed by atoms with Crippen LogP contribution in [-0.2, 0) is 11.3 Å². The van der Waals surface area contributed by atoms with Crippen molar-refractivity contribution in [2.45, 2.75) is 19.0 Å². The molecule has 0 radical (unpaired) electrons. The number of carbonyl (C=O) groups is 2. The van der Waals surface area contributed by atoms with Crippen molar-refractivity contribution in [3.8, 4) is 0 Å². The third kappa shape index (κ3) is 2.92. The minimum Gasteiger partial charge on any atom is -0.359 e. The minimum absolute atomic E-state index is 0.0745. The third-order valence-electron chi connectivity index (χ3n) is 4.69. The quantitative estimate of drug-likeness (QED) is 0.781. The number of benzene rings is 1. The summed E-state index contributed by atoms with van der Waals surface area (Å²) < 4.78 is 1.84. The summed E-state index contributed by atoms with van der Waals surface area (Å²) in [5, 5.41) is 7.95. The second-order valence-corrected chi connectivity index (χ2v) is 6.37. The van der Waals surface area contributed by atoms with Gasteiger partial charge in [-0.3, -0.25) is 14.3 Å². The van der Waals surface area contributed by atoms with Crippen LogP contribution in [0.5, 0.6) is 0 Å². The Morgan fingerprint density at radius 2 is 2.04 bits per heavy atom. The largest absolute Gasteiger partial charge is 0.359 e. The Kier molecular flexibility index (Phi) is 4.12. The SMILES string of the molecule is CNC(=O)CC1CN(C(=O)c2ccc3ccccc3n2)Cc2ccnn21. The molecule has 1 atom stereocenters. The van der Waals surface area contributed by atoms with Gasteiger partial charge in [-0.2, -0.15) is 5.10 Å². The van der Waals surface area contributed by atoms with Crippen LogP contribution in [-0.4, -0.2) is 45.1 Å². The second kappa shape index (κ2) is 6.59. The number of carbonyl (C=O) groups excluding carboxylic acids is 2. The molecule has 0 spiro atoms. The van der Waals surface area contributed by atoms with Gasteiger partial charge >= 0.3 is 0 Å². The summed E-state index contributed by atoms with van der Waals surface area (Å²) in [5.74, 6) is -0.209. The number of hydrogen-bond donors (Lipinski definition) is 1. The van der Waals surface area contributed by atoms with E-state index in [1.165, 1.54) is 0 Å². The number of nitrogens with zero attached hydrogens (tertiary/aromatic N) is 4. The maximum Gasteiger partial charge on any atom is 0.272 e. The first kappa shape index (κ1) is 16.3. The first-order valence-electron chi connectivity index (χ1n) is 8.54. The van der Waals surface area contributed by atoms with Crippen molar-refractivity contribution in [2.24, 2.45) is 0 Å². The predicted octanol–water partition coefficient (Wildman–Crippen LogP) is 1.76. The first-order chi connectivity index (χ1) is 12.7. The summed E-state index contributed by atoms with van der Waals surface area (Å²) in [6.45, 7) is 0.882. The Hall–Kier alpha value is -3.22. The third-order valence-corrected chi connectivity index (χ3v) is 4.69. The number of nitrogens with one attached hydrogen (secondary N) is 1. The van der Waals surface area contributed by atoms with E-state index in [4.69, 9.17) is 0 Å². The van der Waals surface area contributed by atoms with Gasteiger partial charge in [0, 0.05) is 25.2 Å². The maximum atomic E-state index is 13.0. The van der Waals surface area contributed by atoms with Crippen LogP contribution in [0.3, 0.4) is 0 Å². The van der Waals surface area contributed by atoms with Crippen LogP contribution >= 0.6 is 0 Å². The zero-order valence-electron chi connectivity index (χ0n) is 14.4. The van der Waals surface area contributed by atoms with Crippen molar-refractivity contribution in [2.75, 3.05) is 13.6 Å². The van der Waals surface area contributed by atoms with E-state index in [2.05, 4.69) is 15.4 Å². The highest BCUT2D eigenvalue weighted by atomic mass is 16.2. The molecule has 0 saturated carbocycles. The van der Waals surface area contributed by atoms with Gasteiger partial charge in [0.1, 0.15) is 5.69 Å². The van der Waals surface area contributed by atoms with Crippen molar-refractivity contribution in [3.63, 3.8) is 0 Å². The van der Waals surface area contributed by atoms with Gasteiger partial charge in [0.15, 0.2) is 0 Å². The van der Waals surface area contributed by atoms with E-state index < -0.39 is 0 Å². The predicted molar refractivity (Wildman–Crippen MR) is 96.4 cm³/mol. The van der Waals surface area contributed by atoms with Crippen molar-refractivity contribution in [3.05, 3.63) is 60.0 Å². The van der Waals surface area contributed by atoms with Crippen LogP contribution in [0.15, 0.2) is 48.7 Å². The zero-order chi connectivity index (χ0) is 18.1. The molecule has 1 aliphatic heterocycles. The molecular weight excluding hydrogens is 330 g/mol. The van der Waals surface area contributed by atoms with Gasteiger partial charge < -0.3 is 10.2 Å². The summed E-state index contributed by atoms with van der Waals surface area (Å²) in [6.07, 6.45) is 1.98. The van der Waals surface area contributed by atoms with Gasteiger partial charge in [0.05, 0.1) is 30.2 Å². The van der Waals surface area contributed by atoms with E-state index in [0.717, 1.165) is 16.6 Å². The topological polar surface area (TPSA) is 80.1 Å². The highest BCUT2D eigenvalue weighted by Crippen LogP contribution is 2.24. The number of hydrogen-bond acceptors (Lipinski definition) is 4. The molecule has 1 aromatic carbocycles. The number of fused-ring (bicyclic) bond motifs is 2. The fraction of sp³-hybridized carbons (Fsp3) is 0.263. The van der Waals surface area contributed by atoms with Gasteiger partial charge in [0.25, 0.3) is 5.91 Å². The normalized spacial score (nSPS) is 16.3. The molecule has 26 heavy (non-hydrogen) atoms. The monoisotopic (exact) mass is 349 g/mol. The number of rotatable bonds is 3. The fourth-order valence-corrected chi connectivity index (χ4v) is 3.36. The van der Waals surface area contributed by atoms with Crippen LogP contribution in [0.2, 0.25) is 0 Å². The molecule has 2 aromatic heterocycles. The van der Waals surface area contributed by atoms with Crippen LogP contribution in [0.4, 0.5) is 0 Å². The van der Waals surface area contributed by atoms with Crippen LogP contribution < -0.4 is 5.32 Å². The van der Waals surface area contributed by atoms with Crippen LogP contribution in [0.1, 0.15) is 28.6 Å². The Bertz CT molecular complexity index is 981. The zero-order valence-corrected chi connectivity index (χ0v) is 14.4. The van der Waals surface area contributed by atoms with Crippen molar-refractivity contribution < 1.29 is 9.59 Å². The van der Waals surface area contributed by atoms with E-state index in [-0.39, 0.29) is 24.3 Å². The lowest BCUT2D eigenvalue weighted by Crippen LogP contribution is -2.43. The molecule has 2 amide bonds. The molecule has 132 valence electrons. The standard InChI is InChI=1S/C19H19N5O2/c1-20-18(25)10-15-12-23(11-14-8-9-21-24(14)15)19(26)17-7-6-13-4-2-3-5-16(13)22-17/h2-9,15H,10-12H2,1H3,(H,20,25). The lowest BCUT2D eigenvalue weighted by molar-refractivity contribution is -0.121. The lowest BCUT2D eigenvalue weighted by Gasteiger charge is -2.33. The van der Waals surface area contributed by atoms with E-state index in [1.54, 1.807) is 24.2 Å². The summed E-state index contributed by atoms with van der Waals surface area (Å²) in [6, 6.07) is 13.1. The molecule has 1 unspecified atom stereocenters. The molecule has 3 aromatic rings. The Balaban J connectivity index is 1.62. The average molecular weight is 349 g/mol. The molecule has 0 aliphatic carbocycles. The number of pyridine rings is 1. The first-order valence-corrected chi connectivity index (χ1v) is 8.54. The smallest absolute Gasteiger partial charge is 0.272 e. The molecule has 1 aliphatic rings. The highest BCUT2D eigenvalue weighted by molar-refractivity contribution is 5.95. The Morgan fingerprint density at radius 3 is 2.88 bits per heavy atom. The molecule has 1 N–H and O–H groups in total. The molecule has 4 rings (SSSR count). The van der Waals surface area contributed by atoms with Crippen molar-refractivity contribution in [1.82, 2.24) is 25.0 Å². The van der Waals surface area contributed by atoms with Gasteiger partial charge in [-0.1, -0.05) is 24.3 Å². The Morgan fingerprint density at radius 1 is 1.19 bits per heavy atom. The highest BCUT2D eigenvalue weighted by Gasteiger charge is 2.30. The Labute approximate surface area is 150 Å². The van der Waals surface area contributed by atoms with E-state index >= 15 is 0 Å². The summed E-state index contributed by atoms with van der Waals surface area (Å²) >= 11 is 0. The molecule has 0 bridgehead atoms. The molecular formula is C19H19N5O2. The second-order valence-electron chi connectivity index (χ2n) is 6.37. The number of para-hydroxylation sites is 1. The lowest BCUT2D eigenvalue weighted by atomic mass is 10.1. The summed E-state index contributed by atoms with van der Waals surface area (Å²) in [5.41, 5.74) is 2.12. The van der Waals surface area contributed by atoms with E-state index in [1.807, 2.05) is 41.1 Å². The van der Waals surface area contributed by atoms with Crippen LogP contribution in [0.25, 0.3) is 10.9 Å². The summed E-state index contributed by atoms with van der Waals surface area (Å²) in [7, 11) is 1.61. The van der Waals surface area contributed by atoms with E-state index in [0.29, 0.717) is 18.8 Å². The number of aromatic nitrogens is 3. The van der Waals surface area contributed by atoms with Gasteiger partial charge in [0.2, 0.25) is 5.91 Å². The summed E-state index contributed by atoms with van der Waals surface area (Å²) in [4.78, 5) is 31.1.